The largest absolute Gasteiger partial charge is 0.464 e. The third-order valence-corrected chi connectivity index (χ3v) is 2.96. The van der Waals surface area contributed by atoms with Crippen molar-refractivity contribution in [1.82, 2.24) is 4.98 Å². The summed E-state index contributed by atoms with van der Waals surface area (Å²) in [4.78, 5) is 16.3. The van der Waals surface area contributed by atoms with Gasteiger partial charge in [0, 0.05) is 10.8 Å². The summed E-state index contributed by atoms with van der Waals surface area (Å²) in [6.07, 6.45) is 0. The highest BCUT2D eigenvalue weighted by Gasteiger charge is 2.16. The van der Waals surface area contributed by atoms with Crippen molar-refractivity contribution in [3.63, 3.8) is 0 Å². The molecule has 0 spiro atoms. The van der Waals surface area contributed by atoms with Crippen LogP contribution in [0.2, 0.25) is 0 Å². The monoisotopic (exact) mass is 199 g/mol. The van der Waals surface area contributed by atoms with E-state index in [1.165, 1.54) is 7.11 Å². The second kappa shape index (κ2) is 3.87. The standard InChI is InChI=1S/C9H13NO2S/c1-5(2)8-10-7(6(3)13-8)9(11)12-4/h5H,1-4H3. The zero-order valence-electron chi connectivity index (χ0n) is 8.25. The van der Waals surface area contributed by atoms with Crippen molar-refractivity contribution in [3.05, 3.63) is 15.6 Å². The molecule has 0 fully saturated rings. The highest BCUT2D eigenvalue weighted by molar-refractivity contribution is 7.11. The Hall–Kier alpha value is -0.900. The lowest BCUT2D eigenvalue weighted by Gasteiger charge is -1.96. The van der Waals surface area contributed by atoms with Crippen LogP contribution in [0.1, 0.15) is 40.1 Å². The SMILES string of the molecule is COC(=O)c1nc(C(C)C)sc1C. The maximum Gasteiger partial charge on any atom is 0.357 e. The smallest absolute Gasteiger partial charge is 0.357 e. The van der Waals surface area contributed by atoms with E-state index in [-0.39, 0.29) is 5.97 Å². The van der Waals surface area contributed by atoms with Gasteiger partial charge in [0.2, 0.25) is 0 Å². The summed E-state index contributed by atoms with van der Waals surface area (Å²) in [5.41, 5.74) is 0.455. The first-order valence-corrected chi connectivity index (χ1v) is 4.93. The number of aryl methyl sites for hydroxylation is 1. The summed E-state index contributed by atoms with van der Waals surface area (Å²) in [5.74, 6) is 0.0164. The van der Waals surface area contributed by atoms with E-state index in [2.05, 4.69) is 23.6 Å². The molecule has 72 valence electrons. The Labute approximate surface area is 81.8 Å². The van der Waals surface area contributed by atoms with Crippen LogP contribution in [0.15, 0.2) is 0 Å². The van der Waals surface area contributed by atoms with Crippen molar-refractivity contribution in [1.29, 1.82) is 0 Å². The van der Waals surface area contributed by atoms with Crippen LogP contribution in [0.3, 0.4) is 0 Å². The Morgan fingerprint density at radius 2 is 2.15 bits per heavy atom. The molecule has 0 saturated carbocycles. The van der Waals surface area contributed by atoms with E-state index in [4.69, 9.17) is 0 Å². The fourth-order valence-corrected chi connectivity index (χ4v) is 1.86. The van der Waals surface area contributed by atoms with E-state index in [0.29, 0.717) is 11.6 Å². The van der Waals surface area contributed by atoms with Crippen molar-refractivity contribution in [2.45, 2.75) is 26.7 Å². The van der Waals surface area contributed by atoms with E-state index < -0.39 is 0 Å². The van der Waals surface area contributed by atoms with Crippen LogP contribution in [-0.4, -0.2) is 18.1 Å². The van der Waals surface area contributed by atoms with Gasteiger partial charge in [-0.2, -0.15) is 0 Å². The van der Waals surface area contributed by atoms with E-state index in [1.807, 2.05) is 6.92 Å². The first kappa shape index (κ1) is 10.2. The summed E-state index contributed by atoms with van der Waals surface area (Å²) in [6.45, 7) is 5.99. The van der Waals surface area contributed by atoms with Gasteiger partial charge in [-0.3, -0.25) is 0 Å². The Kier molecular flexibility index (Phi) is 3.03. The quantitative estimate of drug-likeness (QED) is 0.686. The molecule has 0 radical (unpaired) electrons. The van der Waals surface area contributed by atoms with E-state index >= 15 is 0 Å². The first-order chi connectivity index (χ1) is 6.06. The minimum Gasteiger partial charge on any atom is -0.464 e. The molecular formula is C9H13NO2S. The molecule has 0 N–H and O–H groups in total. The number of aromatic nitrogens is 1. The molecule has 1 aromatic heterocycles. The number of ether oxygens (including phenoxy) is 1. The summed E-state index contributed by atoms with van der Waals surface area (Å²) in [6, 6.07) is 0. The molecular weight excluding hydrogens is 186 g/mol. The number of hydrogen-bond acceptors (Lipinski definition) is 4. The summed E-state index contributed by atoms with van der Waals surface area (Å²) < 4.78 is 4.62. The van der Waals surface area contributed by atoms with Crippen LogP contribution in [0.4, 0.5) is 0 Å². The van der Waals surface area contributed by atoms with Crippen molar-refractivity contribution in [2.75, 3.05) is 7.11 Å². The summed E-state index contributed by atoms with van der Waals surface area (Å²) >= 11 is 1.55. The average Bonchev–Trinajstić information content (AvgIpc) is 2.46. The van der Waals surface area contributed by atoms with Gasteiger partial charge in [0.25, 0.3) is 0 Å². The number of esters is 1. The van der Waals surface area contributed by atoms with Crippen molar-refractivity contribution >= 4 is 17.3 Å². The predicted molar refractivity (Wildman–Crippen MR) is 52.3 cm³/mol. The molecule has 13 heavy (non-hydrogen) atoms. The lowest BCUT2D eigenvalue weighted by atomic mass is 10.2. The van der Waals surface area contributed by atoms with Gasteiger partial charge < -0.3 is 4.74 Å². The van der Waals surface area contributed by atoms with E-state index in [1.54, 1.807) is 11.3 Å². The van der Waals surface area contributed by atoms with Crippen LogP contribution in [0, 0.1) is 6.92 Å². The van der Waals surface area contributed by atoms with Gasteiger partial charge in [0.1, 0.15) is 0 Å². The van der Waals surface area contributed by atoms with Gasteiger partial charge in [-0.25, -0.2) is 9.78 Å². The van der Waals surface area contributed by atoms with E-state index in [0.717, 1.165) is 9.88 Å². The van der Waals surface area contributed by atoms with Crippen molar-refractivity contribution in [2.24, 2.45) is 0 Å². The third-order valence-electron chi connectivity index (χ3n) is 1.69. The molecule has 1 rings (SSSR count). The highest BCUT2D eigenvalue weighted by Crippen LogP contribution is 2.24. The fourth-order valence-electron chi connectivity index (χ4n) is 0.950. The minimum absolute atomic E-state index is 0.347. The number of thiazole rings is 1. The molecule has 0 saturated heterocycles. The molecule has 0 aliphatic rings. The number of carbonyl (C=O) groups excluding carboxylic acids is 1. The van der Waals surface area contributed by atoms with Crippen LogP contribution < -0.4 is 0 Å². The lowest BCUT2D eigenvalue weighted by molar-refractivity contribution is 0.0594. The Morgan fingerprint density at radius 3 is 2.54 bits per heavy atom. The molecule has 0 aliphatic carbocycles. The van der Waals surface area contributed by atoms with Crippen LogP contribution in [-0.2, 0) is 4.74 Å². The molecule has 1 aromatic rings. The Bertz CT molecular complexity index is 317. The molecule has 0 bridgehead atoms. The third kappa shape index (κ3) is 2.06. The average molecular weight is 199 g/mol. The van der Waals surface area contributed by atoms with Gasteiger partial charge >= 0.3 is 5.97 Å². The van der Waals surface area contributed by atoms with Gasteiger partial charge in [-0.1, -0.05) is 13.8 Å². The zero-order chi connectivity index (χ0) is 10.0. The van der Waals surface area contributed by atoms with Gasteiger partial charge in [0.05, 0.1) is 12.1 Å². The van der Waals surface area contributed by atoms with E-state index in [9.17, 15) is 4.79 Å². The molecule has 3 nitrogen and oxygen atoms in total. The highest BCUT2D eigenvalue weighted by atomic mass is 32.1. The number of methoxy groups -OCH3 is 1. The van der Waals surface area contributed by atoms with Gasteiger partial charge in [-0.15, -0.1) is 11.3 Å². The maximum absolute atomic E-state index is 11.2. The molecule has 4 heteroatoms. The molecule has 0 amide bonds. The molecule has 0 unspecified atom stereocenters. The molecule has 1 heterocycles. The van der Waals surface area contributed by atoms with Crippen LogP contribution >= 0.6 is 11.3 Å². The molecule has 0 aliphatic heterocycles. The number of carbonyl (C=O) groups is 1. The second-order valence-electron chi connectivity index (χ2n) is 3.10. The number of nitrogens with zero attached hydrogens (tertiary/aromatic N) is 1. The van der Waals surface area contributed by atoms with Gasteiger partial charge in [0.15, 0.2) is 5.69 Å². The lowest BCUT2D eigenvalue weighted by Crippen LogP contribution is -2.03. The number of rotatable bonds is 2. The summed E-state index contributed by atoms with van der Waals surface area (Å²) in [7, 11) is 1.37. The topological polar surface area (TPSA) is 39.2 Å². The molecule has 0 atom stereocenters. The Balaban J connectivity index is 3.03. The number of hydrogen-bond donors (Lipinski definition) is 0. The van der Waals surface area contributed by atoms with Crippen LogP contribution in [0.5, 0.6) is 0 Å². The summed E-state index contributed by atoms with van der Waals surface area (Å²) in [5, 5.41) is 0.984. The first-order valence-electron chi connectivity index (χ1n) is 4.12. The van der Waals surface area contributed by atoms with Crippen molar-refractivity contribution < 1.29 is 9.53 Å². The predicted octanol–water partition coefficient (Wildman–Crippen LogP) is 2.36. The van der Waals surface area contributed by atoms with Crippen molar-refractivity contribution in [3.8, 4) is 0 Å². The normalized spacial score (nSPS) is 10.5. The second-order valence-corrected chi connectivity index (χ2v) is 4.34. The minimum atomic E-state index is -0.347. The maximum atomic E-state index is 11.2. The fraction of sp³-hybridized carbons (Fsp3) is 0.556. The van der Waals surface area contributed by atoms with Gasteiger partial charge in [-0.05, 0) is 6.92 Å². The van der Waals surface area contributed by atoms with Crippen LogP contribution in [0.25, 0.3) is 0 Å². The zero-order valence-corrected chi connectivity index (χ0v) is 9.07. The Morgan fingerprint density at radius 1 is 1.54 bits per heavy atom. The molecule has 0 aromatic carbocycles.